The van der Waals surface area contributed by atoms with Crippen LogP contribution in [0.3, 0.4) is 0 Å². The van der Waals surface area contributed by atoms with Crippen LogP contribution in [0, 0.1) is 0 Å². The van der Waals surface area contributed by atoms with E-state index in [2.05, 4.69) is 18.2 Å². The Bertz CT molecular complexity index is 413. The number of nitrogens with two attached hydrogens (primary N) is 1. The summed E-state index contributed by atoms with van der Waals surface area (Å²) in [6, 6.07) is 6.61. The molecule has 0 amide bonds. The first kappa shape index (κ1) is 12.0. The highest BCUT2D eigenvalue weighted by Crippen LogP contribution is 2.31. The van der Waals surface area contributed by atoms with Gasteiger partial charge in [-0.2, -0.15) is 0 Å². The van der Waals surface area contributed by atoms with Gasteiger partial charge in [0.05, 0.1) is 13.2 Å². The molecular weight excluding hydrogens is 226 g/mol. The molecule has 1 aliphatic carbocycles. The molecule has 2 N–H and O–H groups in total. The Kier molecular flexibility index (Phi) is 3.52. The topological polar surface area (TPSA) is 44.5 Å². The van der Waals surface area contributed by atoms with Crippen molar-refractivity contribution in [2.45, 2.75) is 44.2 Å². The predicted octanol–water partition coefficient (Wildman–Crippen LogP) is 2.58. The van der Waals surface area contributed by atoms with E-state index >= 15 is 0 Å². The third-order valence-electron chi connectivity index (χ3n) is 3.95. The molecule has 0 aromatic heterocycles. The van der Waals surface area contributed by atoms with Gasteiger partial charge in [0.1, 0.15) is 11.9 Å². The summed E-state index contributed by atoms with van der Waals surface area (Å²) in [5, 5.41) is 0. The van der Waals surface area contributed by atoms with Crippen molar-refractivity contribution in [1.82, 2.24) is 0 Å². The number of rotatable bonds is 2. The highest BCUT2D eigenvalue weighted by atomic mass is 16.5. The predicted molar refractivity (Wildman–Crippen MR) is 70.8 cm³/mol. The molecule has 0 saturated carbocycles. The highest BCUT2D eigenvalue weighted by Gasteiger charge is 2.19. The lowest BCUT2D eigenvalue weighted by Gasteiger charge is -2.26. The Balaban J connectivity index is 1.73. The maximum Gasteiger partial charge on any atom is 0.120 e. The van der Waals surface area contributed by atoms with Crippen LogP contribution in [0.5, 0.6) is 5.75 Å². The molecule has 1 unspecified atom stereocenters. The summed E-state index contributed by atoms with van der Waals surface area (Å²) in [6.45, 7) is 1.64. The van der Waals surface area contributed by atoms with E-state index in [9.17, 15) is 0 Å². The standard InChI is InChI=1S/C15H21NO2/c16-15-3-1-2-11-10-13(4-5-14(11)15)18-12-6-8-17-9-7-12/h4-5,10,12,15H,1-3,6-9,16H2. The van der Waals surface area contributed by atoms with Gasteiger partial charge in [0.2, 0.25) is 0 Å². The van der Waals surface area contributed by atoms with Gasteiger partial charge in [-0.25, -0.2) is 0 Å². The zero-order valence-corrected chi connectivity index (χ0v) is 10.7. The molecule has 0 bridgehead atoms. The Morgan fingerprint density at radius 3 is 2.83 bits per heavy atom. The number of fused-ring (bicyclic) bond motifs is 1. The van der Waals surface area contributed by atoms with Gasteiger partial charge in [0.25, 0.3) is 0 Å². The number of aryl methyl sites for hydroxylation is 1. The molecule has 3 rings (SSSR count). The van der Waals surface area contributed by atoms with Crippen LogP contribution in [0.2, 0.25) is 0 Å². The molecule has 1 fully saturated rings. The van der Waals surface area contributed by atoms with E-state index in [1.54, 1.807) is 0 Å². The van der Waals surface area contributed by atoms with Gasteiger partial charge in [-0.1, -0.05) is 6.07 Å². The van der Waals surface area contributed by atoms with Crippen molar-refractivity contribution < 1.29 is 9.47 Å². The second kappa shape index (κ2) is 5.29. The largest absolute Gasteiger partial charge is 0.490 e. The van der Waals surface area contributed by atoms with E-state index in [0.29, 0.717) is 6.10 Å². The first-order valence-electron chi connectivity index (χ1n) is 6.96. The average molecular weight is 247 g/mol. The van der Waals surface area contributed by atoms with E-state index in [1.807, 2.05) is 0 Å². The molecule has 0 radical (unpaired) electrons. The number of ether oxygens (including phenoxy) is 2. The van der Waals surface area contributed by atoms with Crippen molar-refractivity contribution in [2.24, 2.45) is 5.73 Å². The zero-order valence-electron chi connectivity index (χ0n) is 10.7. The summed E-state index contributed by atoms with van der Waals surface area (Å²) >= 11 is 0. The molecule has 1 aromatic carbocycles. The second-order valence-corrected chi connectivity index (χ2v) is 5.29. The van der Waals surface area contributed by atoms with Gasteiger partial charge >= 0.3 is 0 Å². The molecular formula is C15H21NO2. The highest BCUT2D eigenvalue weighted by molar-refractivity contribution is 5.39. The lowest BCUT2D eigenvalue weighted by molar-refractivity contribution is 0.0255. The Morgan fingerprint density at radius 1 is 1.17 bits per heavy atom. The molecule has 0 spiro atoms. The van der Waals surface area contributed by atoms with E-state index < -0.39 is 0 Å². The molecule has 1 aliphatic heterocycles. The quantitative estimate of drug-likeness (QED) is 0.873. The molecule has 1 atom stereocenters. The third-order valence-corrected chi connectivity index (χ3v) is 3.95. The van der Waals surface area contributed by atoms with Crippen LogP contribution in [-0.2, 0) is 11.2 Å². The van der Waals surface area contributed by atoms with Gasteiger partial charge in [-0.05, 0) is 42.5 Å². The van der Waals surface area contributed by atoms with Crippen LogP contribution >= 0.6 is 0 Å². The van der Waals surface area contributed by atoms with E-state index in [4.69, 9.17) is 15.2 Å². The van der Waals surface area contributed by atoms with Crippen LogP contribution < -0.4 is 10.5 Å². The third kappa shape index (κ3) is 2.52. The van der Waals surface area contributed by atoms with Crippen LogP contribution in [0.25, 0.3) is 0 Å². The smallest absolute Gasteiger partial charge is 0.120 e. The summed E-state index contributed by atoms with van der Waals surface area (Å²) in [7, 11) is 0. The minimum absolute atomic E-state index is 0.214. The van der Waals surface area contributed by atoms with Crippen molar-refractivity contribution in [3.63, 3.8) is 0 Å². The molecule has 98 valence electrons. The number of benzene rings is 1. The summed E-state index contributed by atoms with van der Waals surface area (Å²) in [6.07, 6.45) is 5.73. The van der Waals surface area contributed by atoms with Gasteiger partial charge in [-0.15, -0.1) is 0 Å². The van der Waals surface area contributed by atoms with E-state index in [0.717, 1.165) is 44.6 Å². The fourth-order valence-electron chi connectivity index (χ4n) is 2.89. The lowest BCUT2D eigenvalue weighted by Crippen LogP contribution is -2.26. The molecule has 2 aliphatic rings. The van der Waals surface area contributed by atoms with Gasteiger partial charge in [0, 0.05) is 18.9 Å². The Hall–Kier alpha value is -1.06. The molecule has 3 heteroatoms. The fraction of sp³-hybridized carbons (Fsp3) is 0.600. The lowest BCUT2D eigenvalue weighted by atomic mass is 9.88. The summed E-state index contributed by atoms with van der Waals surface area (Å²) in [5.74, 6) is 0.995. The summed E-state index contributed by atoms with van der Waals surface area (Å²) < 4.78 is 11.4. The first-order chi connectivity index (χ1) is 8.83. The van der Waals surface area contributed by atoms with Gasteiger partial charge < -0.3 is 15.2 Å². The second-order valence-electron chi connectivity index (χ2n) is 5.29. The van der Waals surface area contributed by atoms with Crippen molar-refractivity contribution >= 4 is 0 Å². The first-order valence-corrected chi connectivity index (χ1v) is 6.96. The minimum atomic E-state index is 0.214. The Labute approximate surface area is 108 Å². The van der Waals surface area contributed by atoms with Crippen LogP contribution in [0.4, 0.5) is 0 Å². The summed E-state index contributed by atoms with van der Waals surface area (Å²) in [4.78, 5) is 0. The van der Waals surface area contributed by atoms with Crippen LogP contribution in [0.1, 0.15) is 42.9 Å². The van der Waals surface area contributed by atoms with Crippen molar-refractivity contribution in [3.8, 4) is 5.75 Å². The van der Waals surface area contributed by atoms with Crippen LogP contribution in [0.15, 0.2) is 18.2 Å². The number of hydrogen-bond acceptors (Lipinski definition) is 3. The minimum Gasteiger partial charge on any atom is -0.490 e. The van der Waals surface area contributed by atoms with Crippen LogP contribution in [-0.4, -0.2) is 19.3 Å². The van der Waals surface area contributed by atoms with Gasteiger partial charge in [0.15, 0.2) is 0 Å². The maximum absolute atomic E-state index is 6.12. The molecule has 1 heterocycles. The Morgan fingerprint density at radius 2 is 2.00 bits per heavy atom. The van der Waals surface area contributed by atoms with Crippen molar-refractivity contribution in [1.29, 1.82) is 0 Å². The fourth-order valence-corrected chi connectivity index (χ4v) is 2.89. The summed E-state index contributed by atoms with van der Waals surface area (Å²) in [5.41, 5.74) is 8.80. The average Bonchev–Trinajstić information content (AvgIpc) is 2.40. The molecule has 3 nitrogen and oxygen atoms in total. The zero-order chi connectivity index (χ0) is 12.4. The maximum atomic E-state index is 6.12. The number of hydrogen-bond donors (Lipinski definition) is 1. The molecule has 1 aromatic rings. The van der Waals surface area contributed by atoms with Gasteiger partial charge in [-0.3, -0.25) is 0 Å². The SMILES string of the molecule is NC1CCCc2cc(OC3CCOCC3)ccc21. The van der Waals surface area contributed by atoms with E-state index in [1.165, 1.54) is 17.5 Å². The normalized spacial score (nSPS) is 24.6. The molecule has 1 saturated heterocycles. The van der Waals surface area contributed by atoms with Crippen molar-refractivity contribution in [2.75, 3.05) is 13.2 Å². The monoisotopic (exact) mass is 247 g/mol. The molecule has 18 heavy (non-hydrogen) atoms. The van der Waals surface area contributed by atoms with E-state index in [-0.39, 0.29) is 6.04 Å². The van der Waals surface area contributed by atoms with Crippen molar-refractivity contribution in [3.05, 3.63) is 29.3 Å².